The highest BCUT2D eigenvalue weighted by Crippen LogP contribution is 2.50. The van der Waals surface area contributed by atoms with Crippen molar-refractivity contribution < 1.29 is 9.53 Å². The Balaban J connectivity index is 1.80. The minimum Gasteiger partial charge on any atom is -0.378 e. The van der Waals surface area contributed by atoms with Crippen LogP contribution >= 0.6 is 22.9 Å². The second-order valence-corrected chi connectivity index (χ2v) is 7.10. The summed E-state index contributed by atoms with van der Waals surface area (Å²) in [4.78, 5) is 19.0. The Morgan fingerprint density at radius 1 is 1.29 bits per heavy atom. The maximum atomic E-state index is 12.4. The van der Waals surface area contributed by atoms with Crippen LogP contribution in [0.25, 0.3) is 4.85 Å². The highest BCUT2D eigenvalue weighted by atomic mass is 35.5. The Kier molecular flexibility index (Phi) is 3.93. The Bertz CT molecular complexity index is 835. The van der Waals surface area contributed by atoms with Gasteiger partial charge >= 0.3 is 0 Å². The summed E-state index contributed by atoms with van der Waals surface area (Å²) in [6, 6.07) is 7.09. The molecular formula is C17H14ClN3O2S. The molecule has 1 amide bonds. The highest BCUT2D eigenvalue weighted by molar-refractivity contribution is 7.19. The Labute approximate surface area is 148 Å². The third-order valence-electron chi connectivity index (χ3n) is 4.28. The molecule has 2 aromatic rings. The second kappa shape index (κ2) is 6.10. The first-order valence-electron chi connectivity index (χ1n) is 7.62. The summed E-state index contributed by atoms with van der Waals surface area (Å²) in [7, 11) is 0. The monoisotopic (exact) mass is 359 g/mol. The standard InChI is InChI=1S/C17H14ClN3O2S/c1-19-14-12-13(10-2-4-11(18)5-3-10)20-16(22)15(12)24-17(14)21-6-8-23-9-7-21/h2-5,13H,6-9H2,(H,20,22). The summed E-state index contributed by atoms with van der Waals surface area (Å²) >= 11 is 7.37. The lowest BCUT2D eigenvalue weighted by Gasteiger charge is -2.28. The van der Waals surface area contributed by atoms with Crippen LogP contribution in [0.4, 0.5) is 10.7 Å². The fourth-order valence-electron chi connectivity index (χ4n) is 3.12. The number of carbonyl (C=O) groups excluding carboxylic acids is 1. The molecule has 1 unspecified atom stereocenters. The Morgan fingerprint density at radius 3 is 2.67 bits per heavy atom. The number of anilines is 1. The van der Waals surface area contributed by atoms with E-state index in [1.165, 1.54) is 11.3 Å². The van der Waals surface area contributed by atoms with Crippen LogP contribution in [0.3, 0.4) is 0 Å². The van der Waals surface area contributed by atoms with Crippen LogP contribution in [0.15, 0.2) is 24.3 Å². The van der Waals surface area contributed by atoms with Crippen LogP contribution < -0.4 is 10.2 Å². The van der Waals surface area contributed by atoms with E-state index in [1.807, 2.05) is 12.1 Å². The number of amides is 1. The van der Waals surface area contributed by atoms with E-state index in [0.29, 0.717) is 28.8 Å². The van der Waals surface area contributed by atoms with Gasteiger partial charge in [-0.15, -0.1) is 11.3 Å². The van der Waals surface area contributed by atoms with Crippen molar-refractivity contribution in [3.63, 3.8) is 0 Å². The molecule has 0 radical (unpaired) electrons. The molecule has 0 bridgehead atoms. The fourth-order valence-corrected chi connectivity index (χ4v) is 4.48. The predicted octanol–water partition coefficient (Wildman–Crippen LogP) is 3.62. The molecule has 1 fully saturated rings. The maximum absolute atomic E-state index is 12.4. The first-order valence-corrected chi connectivity index (χ1v) is 8.81. The number of hydrogen-bond donors (Lipinski definition) is 1. The number of nitrogens with zero attached hydrogens (tertiary/aromatic N) is 2. The molecule has 1 aromatic heterocycles. The van der Waals surface area contributed by atoms with Gasteiger partial charge in [-0.1, -0.05) is 23.7 Å². The summed E-state index contributed by atoms with van der Waals surface area (Å²) in [5, 5.41) is 4.51. The summed E-state index contributed by atoms with van der Waals surface area (Å²) in [5.74, 6) is -0.112. The van der Waals surface area contributed by atoms with Crippen molar-refractivity contribution in [2.24, 2.45) is 0 Å². The summed E-state index contributed by atoms with van der Waals surface area (Å²) in [6.45, 7) is 10.4. The molecule has 1 N–H and O–H groups in total. The van der Waals surface area contributed by atoms with E-state index in [4.69, 9.17) is 22.9 Å². The SMILES string of the molecule is [C-]#[N+]c1c(N2CCOCC2)sc2c1C(c1ccc(Cl)cc1)NC2=O. The average Bonchev–Trinajstić information content (AvgIpc) is 3.14. The van der Waals surface area contributed by atoms with E-state index in [1.54, 1.807) is 12.1 Å². The molecule has 1 atom stereocenters. The molecule has 2 aliphatic rings. The van der Waals surface area contributed by atoms with Gasteiger partial charge in [0.15, 0.2) is 0 Å². The quantitative estimate of drug-likeness (QED) is 0.833. The topological polar surface area (TPSA) is 45.9 Å². The molecule has 24 heavy (non-hydrogen) atoms. The Morgan fingerprint density at radius 2 is 2.00 bits per heavy atom. The number of carbonyl (C=O) groups is 1. The van der Waals surface area contributed by atoms with Crippen LogP contribution in [0.2, 0.25) is 5.02 Å². The zero-order valence-electron chi connectivity index (χ0n) is 12.7. The average molecular weight is 360 g/mol. The normalized spacial score (nSPS) is 19.8. The van der Waals surface area contributed by atoms with Crippen LogP contribution in [-0.4, -0.2) is 32.2 Å². The number of halogens is 1. The van der Waals surface area contributed by atoms with Crippen molar-refractivity contribution in [3.8, 4) is 0 Å². The number of benzene rings is 1. The molecule has 4 rings (SSSR count). The van der Waals surface area contributed by atoms with Crippen molar-refractivity contribution >= 4 is 39.5 Å². The number of hydrogen-bond acceptors (Lipinski definition) is 4. The summed E-state index contributed by atoms with van der Waals surface area (Å²) in [5.41, 5.74) is 2.31. The van der Waals surface area contributed by atoms with Gasteiger partial charge in [-0.05, 0) is 17.7 Å². The molecule has 0 aliphatic carbocycles. The Hall–Kier alpha value is -2.07. The maximum Gasteiger partial charge on any atom is 0.261 e. The van der Waals surface area contributed by atoms with Gasteiger partial charge in [0, 0.05) is 23.7 Å². The minimum atomic E-state index is -0.292. The minimum absolute atomic E-state index is 0.112. The smallest absolute Gasteiger partial charge is 0.261 e. The number of rotatable bonds is 2. The molecule has 7 heteroatoms. The van der Waals surface area contributed by atoms with Gasteiger partial charge in [-0.2, -0.15) is 0 Å². The zero-order valence-corrected chi connectivity index (χ0v) is 14.3. The van der Waals surface area contributed by atoms with Gasteiger partial charge in [-0.3, -0.25) is 4.79 Å². The van der Waals surface area contributed by atoms with Crippen LogP contribution in [0.5, 0.6) is 0 Å². The first-order chi connectivity index (χ1) is 11.7. The molecular weight excluding hydrogens is 346 g/mol. The van der Waals surface area contributed by atoms with Crippen LogP contribution in [-0.2, 0) is 4.74 Å². The molecule has 5 nitrogen and oxygen atoms in total. The van der Waals surface area contributed by atoms with Gasteiger partial charge in [-0.25, -0.2) is 4.85 Å². The van der Waals surface area contributed by atoms with Crippen LogP contribution in [0.1, 0.15) is 26.8 Å². The highest BCUT2D eigenvalue weighted by Gasteiger charge is 2.37. The van der Waals surface area contributed by atoms with E-state index in [-0.39, 0.29) is 11.9 Å². The summed E-state index contributed by atoms with van der Waals surface area (Å²) in [6.07, 6.45) is 0. The first kappa shape index (κ1) is 15.5. The van der Waals surface area contributed by atoms with E-state index in [9.17, 15) is 4.79 Å². The number of ether oxygens (including phenoxy) is 1. The van der Waals surface area contributed by atoms with Crippen molar-refractivity contribution in [1.82, 2.24) is 5.32 Å². The number of nitrogens with one attached hydrogen (secondary N) is 1. The second-order valence-electron chi connectivity index (χ2n) is 5.67. The molecule has 1 saturated heterocycles. The molecule has 1 aromatic carbocycles. The van der Waals surface area contributed by atoms with Gasteiger partial charge in [0.2, 0.25) is 5.69 Å². The van der Waals surface area contributed by atoms with Gasteiger partial charge in [0.05, 0.1) is 35.7 Å². The lowest BCUT2D eigenvalue weighted by molar-refractivity contribution is 0.0964. The zero-order chi connectivity index (χ0) is 16.7. The summed E-state index contributed by atoms with van der Waals surface area (Å²) < 4.78 is 5.39. The fraction of sp³-hybridized carbons (Fsp3) is 0.294. The van der Waals surface area contributed by atoms with Crippen molar-refractivity contribution in [3.05, 3.63) is 56.7 Å². The third kappa shape index (κ3) is 2.46. The van der Waals surface area contributed by atoms with Gasteiger partial charge < -0.3 is 15.0 Å². The molecule has 0 spiro atoms. The van der Waals surface area contributed by atoms with Gasteiger partial charge in [0.25, 0.3) is 5.91 Å². The molecule has 0 saturated carbocycles. The number of fused-ring (bicyclic) bond motifs is 1. The molecule has 122 valence electrons. The van der Waals surface area contributed by atoms with E-state index < -0.39 is 0 Å². The van der Waals surface area contributed by atoms with E-state index in [2.05, 4.69) is 15.1 Å². The molecule has 3 heterocycles. The number of morpholine rings is 1. The van der Waals surface area contributed by atoms with Crippen molar-refractivity contribution in [2.45, 2.75) is 6.04 Å². The van der Waals surface area contributed by atoms with E-state index >= 15 is 0 Å². The van der Waals surface area contributed by atoms with Gasteiger partial charge in [0.1, 0.15) is 0 Å². The molecule has 2 aliphatic heterocycles. The van der Waals surface area contributed by atoms with E-state index in [0.717, 1.165) is 29.2 Å². The predicted molar refractivity (Wildman–Crippen MR) is 94.4 cm³/mol. The van der Waals surface area contributed by atoms with Crippen molar-refractivity contribution in [1.29, 1.82) is 0 Å². The largest absolute Gasteiger partial charge is 0.378 e. The lowest BCUT2D eigenvalue weighted by Crippen LogP contribution is -2.35. The third-order valence-corrected chi connectivity index (χ3v) is 5.79. The van der Waals surface area contributed by atoms with Crippen molar-refractivity contribution in [2.75, 3.05) is 31.2 Å². The number of thiophene rings is 1. The lowest BCUT2D eigenvalue weighted by atomic mass is 10.0. The van der Waals surface area contributed by atoms with Crippen LogP contribution in [0, 0.1) is 6.57 Å².